The molecule has 0 aliphatic heterocycles. The molecule has 0 heterocycles. The van der Waals surface area contributed by atoms with Crippen LogP contribution in [0.4, 0.5) is 0 Å². The van der Waals surface area contributed by atoms with E-state index in [0.717, 1.165) is 18.8 Å². The molecule has 0 fully saturated rings. The maximum absolute atomic E-state index is 6.13. The standard InChI is InChI=1S/C21H23NO/c1-3-22-14-20-19-7-5-4-6-18(19)12-13-21(20)23-15-17-10-8-16(2)9-11-17/h4-13,22H,3,14-15H2,1-2H3. The average Bonchev–Trinajstić information content (AvgIpc) is 2.59. The normalized spacial score (nSPS) is 10.9. The molecule has 0 aliphatic rings. The Morgan fingerprint density at radius 3 is 2.48 bits per heavy atom. The van der Waals surface area contributed by atoms with Gasteiger partial charge in [-0.15, -0.1) is 0 Å². The summed E-state index contributed by atoms with van der Waals surface area (Å²) in [7, 11) is 0. The third kappa shape index (κ3) is 3.72. The summed E-state index contributed by atoms with van der Waals surface area (Å²) in [4.78, 5) is 0. The second-order valence-corrected chi connectivity index (χ2v) is 5.82. The van der Waals surface area contributed by atoms with Crippen molar-refractivity contribution in [1.82, 2.24) is 5.32 Å². The number of hydrogen-bond donors (Lipinski definition) is 1. The van der Waals surface area contributed by atoms with Crippen LogP contribution in [0.1, 0.15) is 23.6 Å². The van der Waals surface area contributed by atoms with Crippen LogP contribution in [0.5, 0.6) is 5.75 Å². The SMILES string of the molecule is CCNCc1c(OCc2ccc(C)cc2)ccc2ccccc12. The highest BCUT2D eigenvalue weighted by Gasteiger charge is 2.08. The summed E-state index contributed by atoms with van der Waals surface area (Å²) in [6.07, 6.45) is 0. The van der Waals surface area contributed by atoms with Gasteiger partial charge in [-0.2, -0.15) is 0 Å². The maximum Gasteiger partial charge on any atom is 0.124 e. The van der Waals surface area contributed by atoms with E-state index in [1.807, 2.05) is 0 Å². The molecule has 118 valence electrons. The van der Waals surface area contributed by atoms with Gasteiger partial charge in [0.1, 0.15) is 12.4 Å². The quantitative estimate of drug-likeness (QED) is 0.704. The summed E-state index contributed by atoms with van der Waals surface area (Å²) in [5, 5.41) is 5.93. The van der Waals surface area contributed by atoms with E-state index in [1.54, 1.807) is 0 Å². The fourth-order valence-corrected chi connectivity index (χ4v) is 2.73. The molecule has 1 N–H and O–H groups in total. The van der Waals surface area contributed by atoms with Crippen molar-refractivity contribution in [2.75, 3.05) is 6.54 Å². The van der Waals surface area contributed by atoms with Gasteiger partial charge in [-0.25, -0.2) is 0 Å². The van der Waals surface area contributed by atoms with Gasteiger partial charge in [-0.3, -0.25) is 0 Å². The second kappa shape index (κ2) is 7.30. The van der Waals surface area contributed by atoms with Gasteiger partial charge >= 0.3 is 0 Å². The fraction of sp³-hybridized carbons (Fsp3) is 0.238. The van der Waals surface area contributed by atoms with Crippen molar-refractivity contribution in [2.45, 2.75) is 27.0 Å². The van der Waals surface area contributed by atoms with Crippen LogP contribution < -0.4 is 10.1 Å². The fourth-order valence-electron chi connectivity index (χ4n) is 2.73. The highest BCUT2D eigenvalue weighted by Crippen LogP contribution is 2.28. The lowest BCUT2D eigenvalue weighted by molar-refractivity contribution is 0.303. The van der Waals surface area contributed by atoms with Gasteiger partial charge in [-0.05, 0) is 35.9 Å². The van der Waals surface area contributed by atoms with Crippen LogP contribution in [0.15, 0.2) is 60.7 Å². The molecule has 3 aromatic carbocycles. The smallest absolute Gasteiger partial charge is 0.124 e. The number of fused-ring (bicyclic) bond motifs is 1. The molecule has 23 heavy (non-hydrogen) atoms. The van der Waals surface area contributed by atoms with E-state index in [4.69, 9.17) is 4.74 Å². The van der Waals surface area contributed by atoms with E-state index >= 15 is 0 Å². The van der Waals surface area contributed by atoms with Gasteiger partial charge in [0.2, 0.25) is 0 Å². The van der Waals surface area contributed by atoms with Crippen molar-refractivity contribution < 1.29 is 4.74 Å². The van der Waals surface area contributed by atoms with Gasteiger partial charge in [0, 0.05) is 12.1 Å². The highest BCUT2D eigenvalue weighted by molar-refractivity contribution is 5.87. The van der Waals surface area contributed by atoms with Crippen LogP contribution >= 0.6 is 0 Å². The summed E-state index contributed by atoms with van der Waals surface area (Å²) < 4.78 is 6.13. The Hall–Kier alpha value is -2.32. The zero-order chi connectivity index (χ0) is 16.1. The summed E-state index contributed by atoms with van der Waals surface area (Å²) in [5.41, 5.74) is 3.70. The molecule has 3 aromatic rings. The Balaban J connectivity index is 1.87. The number of hydrogen-bond acceptors (Lipinski definition) is 2. The zero-order valence-corrected chi connectivity index (χ0v) is 13.8. The Labute approximate surface area is 138 Å². The van der Waals surface area contributed by atoms with Crippen molar-refractivity contribution >= 4 is 10.8 Å². The molecule has 3 rings (SSSR count). The zero-order valence-electron chi connectivity index (χ0n) is 13.8. The first-order valence-corrected chi connectivity index (χ1v) is 8.17. The topological polar surface area (TPSA) is 21.3 Å². The minimum atomic E-state index is 0.595. The van der Waals surface area contributed by atoms with Gasteiger partial charge < -0.3 is 10.1 Å². The Morgan fingerprint density at radius 2 is 1.70 bits per heavy atom. The molecule has 0 atom stereocenters. The molecule has 0 spiro atoms. The molecule has 2 nitrogen and oxygen atoms in total. The van der Waals surface area contributed by atoms with Crippen molar-refractivity contribution in [3.8, 4) is 5.75 Å². The lowest BCUT2D eigenvalue weighted by Gasteiger charge is -2.15. The number of aryl methyl sites for hydroxylation is 1. The highest BCUT2D eigenvalue weighted by atomic mass is 16.5. The Morgan fingerprint density at radius 1 is 0.913 bits per heavy atom. The first-order valence-electron chi connectivity index (χ1n) is 8.17. The molecule has 0 unspecified atom stereocenters. The van der Waals surface area contributed by atoms with Crippen molar-refractivity contribution in [3.05, 3.63) is 77.4 Å². The number of nitrogens with one attached hydrogen (secondary N) is 1. The van der Waals surface area contributed by atoms with Gasteiger partial charge in [0.05, 0.1) is 0 Å². The van der Waals surface area contributed by atoms with Crippen LogP contribution in [0.2, 0.25) is 0 Å². The minimum absolute atomic E-state index is 0.595. The van der Waals surface area contributed by atoms with Gasteiger partial charge in [0.25, 0.3) is 0 Å². The molecule has 0 radical (unpaired) electrons. The monoisotopic (exact) mass is 305 g/mol. The van der Waals surface area contributed by atoms with E-state index in [0.29, 0.717) is 6.61 Å². The predicted octanol–water partition coefficient (Wildman–Crippen LogP) is 4.84. The van der Waals surface area contributed by atoms with Crippen molar-refractivity contribution in [3.63, 3.8) is 0 Å². The van der Waals surface area contributed by atoms with E-state index in [2.05, 4.69) is 79.8 Å². The lowest BCUT2D eigenvalue weighted by Crippen LogP contribution is -2.13. The van der Waals surface area contributed by atoms with Crippen LogP contribution in [0.25, 0.3) is 10.8 Å². The van der Waals surface area contributed by atoms with Crippen molar-refractivity contribution in [2.24, 2.45) is 0 Å². The summed E-state index contributed by atoms with van der Waals surface area (Å²) in [5.74, 6) is 0.963. The molecule has 0 saturated carbocycles. The van der Waals surface area contributed by atoms with E-state index in [9.17, 15) is 0 Å². The summed E-state index contributed by atoms with van der Waals surface area (Å²) in [6, 6.07) is 21.2. The third-order valence-electron chi connectivity index (χ3n) is 4.06. The van der Waals surface area contributed by atoms with Crippen LogP contribution in [-0.4, -0.2) is 6.54 Å². The van der Waals surface area contributed by atoms with Crippen LogP contribution in [0, 0.1) is 6.92 Å². The maximum atomic E-state index is 6.13. The molecular formula is C21H23NO. The second-order valence-electron chi connectivity index (χ2n) is 5.82. The molecule has 2 heteroatoms. The number of rotatable bonds is 6. The van der Waals surface area contributed by atoms with Crippen LogP contribution in [0.3, 0.4) is 0 Å². The van der Waals surface area contributed by atoms with E-state index in [-0.39, 0.29) is 0 Å². The molecule has 0 amide bonds. The molecule has 0 bridgehead atoms. The number of ether oxygens (including phenoxy) is 1. The van der Waals surface area contributed by atoms with Gasteiger partial charge in [0.15, 0.2) is 0 Å². The molecule has 0 aliphatic carbocycles. The van der Waals surface area contributed by atoms with Crippen molar-refractivity contribution in [1.29, 1.82) is 0 Å². The first-order chi connectivity index (χ1) is 11.3. The van der Waals surface area contributed by atoms with Gasteiger partial charge in [-0.1, -0.05) is 67.1 Å². The number of benzene rings is 3. The minimum Gasteiger partial charge on any atom is -0.489 e. The molecular weight excluding hydrogens is 282 g/mol. The van der Waals surface area contributed by atoms with Crippen LogP contribution in [-0.2, 0) is 13.2 Å². The lowest BCUT2D eigenvalue weighted by atomic mass is 10.0. The summed E-state index contributed by atoms with van der Waals surface area (Å²) >= 11 is 0. The Kier molecular flexibility index (Phi) is 4.94. The largest absolute Gasteiger partial charge is 0.489 e. The molecule has 0 saturated heterocycles. The third-order valence-corrected chi connectivity index (χ3v) is 4.06. The predicted molar refractivity (Wildman–Crippen MR) is 96.8 cm³/mol. The van der Waals surface area contributed by atoms with E-state index in [1.165, 1.54) is 27.5 Å². The first kappa shape index (κ1) is 15.6. The Bertz CT molecular complexity index is 777. The van der Waals surface area contributed by atoms with E-state index < -0.39 is 0 Å². The molecule has 0 aromatic heterocycles. The average molecular weight is 305 g/mol. The summed E-state index contributed by atoms with van der Waals surface area (Å²) in [6.45, 7) is 6.58.